The molecule has 0 aromatic heterocycles. The molecule has 1 aromatic carbocycles. The van der Waals surface area contributed by atoms with E-state index in [1.165, 1.54) is 6.07 Å². The summed E-state index contributed by atoms with van der Waals surface area (Å²) in [6.07, 6.45) is 0.483. The number of hydrogen-bond donors (Lipinski definition) is 1. The van der Waals surface area contributed by atoms with E-state index in [9.17, 15) is 4.39 Å². The lowest BCUT2D eigenvalue weighted by Crippen LogP contribution is -2.13. The zero-order valence-corrected chi connectivity index (χ0v) is 9.87. The molecule has 0 aliphatic rings. The van der Waals surface area contributed by atoms with Gasteiger partial charge in [-0.1, -0.05) is 28.8 Å². The number of hydrogen-bond acceptors (Lipinski definition) is 1. The van der Waals surface area contributed by atoms with E-state index in [-0.39, 0.29) is 10.6 Å². The van der Waals surface area contributed by atoms with Crippen molar-refractivity contribution in [2.24, 2.45) is 5.73 Å². The summed E-state index contributed by atoms with van der Waals surface area (Å²) < 4.78 is 13.6. The summed E-state index contributed by atoms with van der Waals surface area (Å²) in [5.41, 5.74) is 6.95. The van der Waals surface area contributed by atoms with Crippen LogP contribution in [0.3, 0.4) is 0 Å². The van der Waals surface area contributed by atoms with E-state index in [1.54, 1.807) is 6.07 Å². The molecule has 4 heteroatoms. The molecule has 2 N–H and O–H groups in total. The van der Waals surface area contributed by atoms with Gasteiger partial charge in [-0.25, -0.2) is 4.39 Å². The van der Waals surface area contributed by atoms with E-state index >= 15 is 0 Å². The van der Waals surface area contributed by atoms with E-state index in [1.807, 2.05) is 6.92 Å². The van der Waals surface area contributed by atoms with Gasteiger partial charge >= 0.3 is 0 Å². The highest BCUT2D eigenvalue weighted by Crippen LogP contribution is 2.31. The van der Waals surface area contributed by atoms with Crippen LogP contribution in [0.25, 0.3) is 0 Å². The van der Waals surface area contributed by atoms with Crippen molar-refractivity contribution >= 4 is 23.2 Å². The fourth-order valence-corrected chi connectivity index (χ4v) is 1.81. The fraction of sp³-hybridized carbons (Fsp3) is 0.273. The monoisotopic (exact) mass is 247 g/mol. The molecule has 0 bridgehead atoms. The van der Waals surface area contributed by atoms with E-state index in [0.717, 1.165) is 5.57 Å². The van der Waals surface area contributed by atoms with Crippen LogP contribution in [-0.4, -0.2) is 0 Å². The smallest absolute Gasteiger partial charge is 0.148 e. The Kier molecular flexibility index (Phi) is 4.14. The van der Waals surface area contributed by atoms with Gasteiger partial charge in [-0.05, 0) is 25.5 Å². The molecule has 0 aliphatic carbocycles. The maximum absolute atomic E-state index is 13.6. The van der Waals surface area contributed by atoms with Crippen LogP contribution in [0.4, 0.5) is 4.39 Å². The number of halogens is 3. The first kappa shape index (κ1) is 12.5. The lowest BCUT2D eigenvalue weighted by Gasteiger charge is -2.15. The average Bonchev–Trinajstić information content (AvgIpc) is 2.11. The van der Waals surface area contributed by atoms with Crippen LogP contribution in [0.5, 0.6) is 0 Å². The maximum Gasteiger partial charge on any atom is 0.148 e. The van der Waals surface area contributed by atoms with Gasteiger partial charge in [0.2, 0.25) is 0 Å². The van der Waals surface area contributed by atoms with Gasteiger partial charge in [0.25, 0.3) is 0 Å². The van der Waals surface area contributed by atoms with Gasteiger partial charge in [-0.15, -0.1) is 6.58 Å². The molecule has 1 aromatic rings. The molecule has 0 saturated heterocycles. The number of nitrogens with two attached hydrogens (primary N) is 1. The first-order valence-corrected chi connectivity index (χ1v) is 5.22. The summed E-state index contributed by atoms with van der Waals surface area (Å²) in [5.74, 6) is -0.544. The van der Waals surface area contributed by atoms with Crippen molar-refractivity contribution in [2.45, 2.75) is 19.4 Å². The van der Waals surface area contributed by atoms with Crippen molar-refractivity contribution in [3.63, 3.8) is 0 Å². The predicted molar refractivity (Wildman–Crippen MR) is 62.8 cm³/mol. The third kappa shape index (κ3) is 2.94. The van der Waals surface area contributed by atoms with E-state index in [0.29, 0.717) is 11.4 Å². The molecule has 0 saturated carbocycles. The summed E-state index contributed by atoms with van der Waals surface area (Å²) >= 11 is 11.5. The zero-order valence-electron chi connectivity index (χ0n) is 8.36. The summed E-state index contributed by atoms with van der Waals surface area (Å²) in [6, 6.07) is 2.45. The van der Waals surface area contributed by atoms with Crippen LogP contribution in [0.15, 0.2) is 24.3 Å². The van der Waals surface area contributed by atoms with Gasteiger partial charge in [0.15, 0.2) is 0 Å². The second-order valence-corrected chi connectivity index (χ2v) is 4.34. The molecule has 0 spiro atoms. The van der Waals surface area contributed by atoms with Gasteiger partial charge in [0, 0.05) is 16.6 Å². The topological polar surface area (TPSA) is 26.0 Å². The highest BCUT2D eigenvalue weighted by Gasteiger charge is 2.17. The van der Waals surface area contributed by atoms with Crippen LogP contribution in [0.1, 0.15) is 24.9 Å². The Labute approximate surface area is 98.7 Å². The molecular formula is C11H12Cl2FN. The Morgan fingerprint density at radius 3 is 2.53 bits per heavy atom. The molecule has 0 heterocycles. The normalized spacial score (nSPS) is 12.6. The van der Waals surface area contributed by atoms with Crippen molar-refractivity contribution in [1.82, 2.24) is 0 Å². The highest BCUT2D eigenvalue weighted by molar-refractivity contribution is 6.33. The number of rotatable bonds is 3. The molecular weight excluding hydrogens is 236 g/mol. The molecule has 0 unspecified atom stereocenters. The molecule has 1 nitrogen and oxygen atoms in total. The van der Waals surface area contributed by atoms with E-state index < -0.39 is 11.9 Å². The first-order valence-electron chi connectivity index (χ1n) is 4.46. The van der Waals surface area contributed by atoms with Crippen molar-refractivity contribution in [3.05, 3.63) is 45.7 Å². The minimum Gasteiger partial charge on any atom is -0.324 e. The van der Waals surface area contributed by atoms with Crippen molar-refractivity contribution in [3.8, 4) is 0 Å². The summed E-state index contributed by atoms with van der Waals surface area (Å²) in [4.78, 5) is 0. The summed E-state index contributed by atoms with van der Waals surface area (Å²) in [5, 5.41) is 0.331. The number of benzene rings is 1. The molecule has 0 radical (unpaired) electrons. The first-order chi connectivity index (χ1) is 6.93. The van der Waals surface area contributed by atoms with Crippen molar-refractivity contribution in [2.75, 3.05) is 0 Å². The van der Waals surface area contributed by atoms with Gasteiger partial charge < -0.3 is 5.73 Å². The van der Waals surface area contributed by atoms with Crippen LogP contribution in [0, 0.1) is 5.82 Å². The molecule has 0 fully saturated rings. The Bertz CT molecular complexity index is 390. The lowest BCUT2D eigenvalue weighted by atomic mass is 10.0. The molecule has 82 valence electrons. The highest BCUT2D eigenvalue weighted by atomic mass is 35.5. The average molecular weight is 248 g/mol. The minimum absolute atomic E-state index is 0.0339. The Hall–Kier alpha value is -0.570. The van der Waals surface area contributed by atoms with Gasteiger partial charge in [-0.2, -0.15) is 0 Å². The third-order valence-corrected chi connectivity index (χ3v) is 2.64. The molecule has 1 rings (SSSR count). The fourth-order valence-electron chi connectivity index (χ4n) is 1.36. The molecule has 15 heavy (non-hydrogen) atoms. The molecule has 1 atom stereocenters. The lowest BCUT2D eigenvalue weighted by molar-refractivity contribution is 0.580. The van der Waals surface area contributed by atoms with Crippen LogP contribution < -0.4 is 5.73 Å². The maximum atomic E-state index is 13.6. The second-order valence-electron chi connectivity index (χ2n) is 3.52. The minimum atomic E-state index is -0.544. The van der Waals surface area contributed by atoms with Gasteiger partial charge in [0.05, 0.1) is 5.02 Å². The van der Waals surface area contributed by atoms with E-state index in [4.69, 9.17) is 28.9 Å². The summed E-state index contributed by atoms with van der Waals surface area (Å²) in [7, 11) is 0. The van der Waals surface area contributed by atoms with Crippen LogP contribution in [-0.2, 0) is 0 Å². The predicted octanol–water partition coefficient (Wildman–Crippen LogP) is 4.10. The standard InChI is InChI=1S/C11H12Cl2FN/c1-6(2)5-9(15)10-7(12)3-4-8(13)11(10)14/h3-4,9H,1,5,15H2,2H3/t9-/m0/s1. The van der Waals surface area contributed by atoms with Crippen LogP contribution >= 0.6 is 23.2 Å². The largest absolute Gasteiger partial charge is 0.324 e. The summed E-state index contributed by atoms with van der Waals surface area (Å²) in [6.45, 7) is 5.55. The van der Waals surface area contributed by atoms with Gasteiger partial charge in [-0.3, -0.25) is 0 Å². The van der Waals surface area contributed by atoms with Crippen molar-refractivity contribution < 1.29 is 4.39 Å². The quantitative estimate of drug-likeness (QED) is 0.632. The van der Waals surface area contributed by atoms with Gasteiger partial charge in [0.1, 0.15) is 5.82 Å². The SMILES string of the molecule is C=C(C)C[C@H](N)c1c(Cl)ccc(Cl)c1F. The van der Waals surface area contributed by atoms with E-state index in [2.05, 4.69) is 6.58 Å². The zero-order chi connectivity index (χ0) is 11.6. The second kappa shape index (κ2) is 4.97. The third-order valence-electron chi connectivity index (χ3n) is 2.02. The molecule has 0 aliphatic heterocycles. The van der Waals surface area contributed by atoms with Crippen molar-refractivity contribution in [1.29, 1.82) is 0 Å². The van der Waals surface area contributed by atoms with Crippen LogP contribution in [0.2, 0.25) is 10.0 Å². The Morgan fingerprint density at radius 2 is 2.00 bits per heavy atom. The Morgan fingerprint density at radius 1 is 1.47 bits per heavy atom. The molecule has 0 amide bonds. The Balaban J connectivity index is 3.12.